The molecule has 12 aromatic rings. The average molecular weight is 1050 g/mol. The van der Waals surface area contributed by atoms with Gasteiger partial charge in [-0.1, -0.05) is 66.9 Å². The summed E-state index contributed by atoms with van der Waals surface area (Å²) in [6.45, 7) is 0. The van der Waals surface area contributed by atoms with Crippen LogP contribution < -0.4 is 0 Å². The molecule has 17 heteroatoms. The Kier molecular flexibility index (Phi) is 14.4. The minimum absolute atomic E-state index is 0. The zero-order chi connectivity index (χ0) is 44.9. The molecule has 2 aromatic carbocycles. The van der Waals surface area contributed by atoms with E-state index in [2.05, 4.69) is 145 Å². The first-order valence-corrected chi connectivity index (χ1v) is 23.7. The van der Waals surface area contributed by atoms with Crippen molar-refractivity contribution in [3.63, 3.8) is 0 Å². The zero-order valence-electron chi connectivity index (χ0n) is 33.8. The average Bonchev–Trinajstić information content (AvgIpc) is 4.21. The number of isothiocyanates is 2. The number of benzene rings is 2. The van der Waals surface area contributed by atoms with Crippen LogP contribution in [0.25, 0.3) is 112 Å². The van der Waals surface area contributed by atoms with Gasteiger partial charge >= 0.3 is 25.4 Å². The predicted molar refractivity (Wildman–Crippen MR) is 277 cm³/mol. The predicted octanol–water partition coefficient (Wildman–Crippen LogP) is 14.8. The number of nitrogens with one attached hydrogen (secondary N) is 1. The summed E-state index contributed by atoms with van der Waals surface area (Å²) in [4.78, 5) is 34.9. The Hall–Kier alpha value is -6.61. The van der Waals surface area contributed by atoms with Gasteiger partial charge in [0.2, 0.25) is 0 Å². The Morgan fingerprint density at radius 2 is 1.35 bits per heavy atom. The van der Waals surface area contributed by atoms with Gasteiger partial charge in [-0.3, -0.25) is 24.5 Å². The van der Waals surface area contributed by atoms with E-state index in [9.17, 15) is 4.79 Å². The number of para-hydroxylation sites is 2. The van der Waals surface area contributed by atoms with Gasteiger partial charge in [0.15, 0.2) is 0 Å². The third kappa shape index (κ3) is 9.26. The number of thiocarbonyl (C=S) groups is 2. The van der Waals surface area contributed by atoms with Crippen LogP contribution >= 0.6 is 69.8 Å². The number of carboxylic acid groups (broad SMARTS) is 1. The number of hydrogen-bond donors (Lipinski definition) is 2. The summed E-state index contributed by atoms with van der Waals surface area (Å²) in [6.07, 6.45) is 7.01. The SMILES string of the molecule is O=C(O)c1ccnc(-c2ccccn2)c1.[N-]=C=S.[N-]=C=S.[Ru+2].c1ccc2c(c1)[nH]c1c(-c3cc4c5ccccc5n(-c5cc(-c6cc7sc(-c8ccsc8)cc7s6)cs5)c4cn3)nccc12. The van der Waals surface area contributed by atoms with E-state index in [4.69, 9.17) is 25.9 Å². The van der Waals surface area contributed by atoms with Gasteiger partial charge in [-0.05, 0) is 83.6 Å². The maximum Gasteiger partial charge on any atom is 2.00 e. The first kappa shape index (κ1) is 45.9. The van der Waals surface area contributed by atoms with Crippen LogP contribution in [0.3, 0.4) is 0 Å². The van der Waals surface area contributed by atoms with E-state index in [0.29, 0.717) is 11.4 Å². The number of fused-ring (bicyclic) bond motifs is 7. The molecule has 0 aliphatic rings. The molecule has 0 bridgehead atoms. The van der Waals surface area contributed by atoms with Crippen LogP contribution in [0.1, 0.15) is 10.4 Å². The van der Waals surface area contributed by atoms with Crippen molar-refractivity contribution in [1.82, 2.24) is 29.5 Å². The van der Waals surface area contributed by atoms with Gasteiger partial charge in [0.25, 0.3) is 0 Å². The summed E-state index contributed by atoms with van der Waals surface area (Å²) >= 11 is 14.7. The number of nitrogens with zero attached hydrogens (tertiary/aromatic N) is 7. The standard InChI is InChI=1S/C36H20N4S4.C11H8N2O2.2CNS.Ru/c1-3-7-26-22(5-1)24-9-11-37-36(35(24)39-26)27-14-25-23-6-2-4-8-28(23)40(29(25)17-38-27)34-13-21(19-42-34)31-16-33-32(44-31)15-30(43-33)20-10-12-41-18-20;14-11(15)8-4-6-13-10(7-8)9-3-1-2-5-12-9;2*2-1-3;/h1-19,39H;1-7H,(H,14,15);;;/q;;2*-1;+2. The van der Waals surface area contributed by atoms with E-state index in [1.807, 2.05) is 41.1 Å². The number of aromatic nitrogens is 6. The smallest absolute Gasteiger partial charge is 0.753 e. The summed E-state index contributed by atoms with van der Waals surface area (Å²) in [7, 11) is 0. The molecular weight excluding hydrogens is 1030 g/mol. The first-order valence-electron chi connectivity index (χ1n) is 19.4. The fraction of sp³-hybridized carbons (Fsp3) is 0. The third-order valence-corrected chi connectivity index (χ3v) is 14.3. The minimum Gasteiger partial charge on any atom is -0.753 e. The number of carboxylic acids is 1. The minimum atomic E-state index is -0.963. The van der Waals surface area contributed by atoms with Crippen molar-refractivity contribution in [2.24, 2.45) is 0 Å². The van der Waals surface area contributed by atoms with E-state index < -0.39 is 5.97 Å². The summed E-state index contributed by atoms with van der Waals surface area (Å²) in [5.41, 5.74) is 10.2. The molecule has 0 amide bonds. The number of pyridine rings is 4. The van der Waals surface area contributed by atoms with Gasteiger partial charge in [-0.25, -0.2) is 4.79 Å². The summed E-state index contributed by atoms with van der Waals surface area (Å²) < 4.78 is 5.06. The van der Waals surface area contributed by atoms with Crippen LogP contribution in [0, 0.1) is 0 Å². The van der Waals surface area contributed by atoms with Crippen molar-refractivity contribution in [2.75, 3.05) is 0 Å². The fourth-order valence-corrected chi connectivity index (χ4v) is 11.6. The third-order valence-electron chi connectivity index (χ3n) is 10.3. The van der Waals surface area contributed by atoms with Gasteiger partial charge < -0.3 is 20.9 Å². The monoisotopic (exact) mass is 1050 g/mol. The normalized spacial score (nSPS) is 10.5. The molecule has 0 radical (unpaired) electrons. The van der Waals surface area contributed by atoms with Crippen molar-refractivity contribution in [1.29, 1.82) is 0 Å². The molecule has 10 heterocycles. The Morgan fingerprint density at radius 1 is 0.652 bits per heavy atom. The molecule has 10 nitrogen and oxygen atoms in total. The van der Waals surface area contributed by atoms with Crippen LogP contribution in [-0.4, -0.2) is 50.9 Å². The van der Waals surface area contributed by atoms with E-state index in [1.165, 1.54) is 85.6 Å². The molecule has 0 atom stereocenters. The van der Waals surface area contributed by atoms with Gasteiger partial charge in [0.1, 0.15) is 10.7 Å². The molecular formula is C49H28N8O2RuS6. The fourth-order valence-electron chi connectivity index (χ4n) is 7.52. The molecule has 0 aliphatic carbocycles. The maximum atomic E-state index is 10.7. The molecule has 0 spiro atoms. The van der Waals surface area contributed by atoms with E-state index >= 15 is 0 Å². The molecule has 12 rings (SSSR count). The quantitative estimate of drug-likeness (QED) is 0.0948. The Labute approximate surface area is 415 Å². The van der Waals surface area contributed by atoms with E-state index in [-0.39, 0.29) is 25.0 Å². The van der Waals surface area contributed by atoms with Gasteiger partial charge in [0.05, 0.1) is 45.4 Å². The molecule has 66 heavy (non-hydrogen) atoms. The molecule has 0 unspecified atom stereocenters. The number of aromatic carboxylic acids is 1. The van der Waals surface area contributed by atoms with Crippen LogP contribution in [0.4, 0.5) is 0 Å². The van der Waals surface area contributed by atoms with Crippen molar-refractivity contribution in [3.8, 4) is 48.7 Å². The number of carbonyl (C=O) groups is 1. The molecule has 2 N–H and O–H groups in total. The Morgan fingerprint density at radius 3 is 2.08 bits per heavy atom. The number of hydrogen-bond acceptors (Lipinski definition) is 11. The molecule has 0 saturated carbocycles. The Bertz CT molecular complexity index is 3690. The zero-order valence-corrected chi connectivity index (χ0v) is 40.4. The van der Waals surface area contributed by atoms with Crippen molar-refractivity contribution < 1.29 is 29.4 Å². The van der Waals surface area contributed by atoms with Crippen molar-refractivity contribution >= 4 is 139 Å². The van der Waals surface area contributed by atoms with E-state index in [0.717, 1.165) is 33.3 Å². The van der Waals surface area contributed by atoms with Crippen LogP contribution in [-0.2, 0) is 19.5 Å². The number of thiophene rings is 4. The van der Waals surface area contributed by atoms with Crippen LogP contribution in [0.2, 0.25) is 0 Å². The topological polar surface area (TPSA) is 154 Å². The molecule has 0 saturated heterocycles. The number of H-pyrrole nitrogens is 1. The van der Waals surface area contributed by atoms with Crippen molar-refractivity contribution in [2.45, 2.75) is 0 Å². The second kappa shape index (κ2) is 20.7. The maximum absolute atomic E-state index is 10.7. The van der Waals surface area contributed by atoms with Crippen molar-refractivity contribution in [3.05, 3.63) is 173 Å². The molecule has 0 aliphatic heterocycles. The molecule has 10 aromatic heterocycles. The second-order valence-electron chi connectivity index (χ2n) is 14.0. The summed E-state index contributed by atoms with van der Waals surface area (Å²) in [5.74, 6) is -0.963. The summed E-state index contributed by atoms with van der Waals surface area (Å²) in [6, 6.07) is 38.9. The summed E-state index contributed by atoms with van der Waals surface area (Å²) in [5, 5.41) is 38.3. The number of aromatic amines is 1. The van der Waals surface area contributed by atoms with Crippen LogP contribution in [0.15, 0.2) is 156 Å². The Balaban J connectivity index is 0.000000226. The molecule has 0 fully saturated rings. The second-order valence-corrected chi connectivity index (χ2v) is 18.2. The van der Waals surface area contributed by atoms with E-state index in [1.54, 1.807) is 41.0 Å². The van der Waals surface area contributed by atoms with Gasteiger partial charge in [0, 0.05) is 81.3 Å². The largest absolute Gasteiger partial charge is 2.00 e. The van der Waals surface area contributed by atoms with Gasteiger partial charge in [-0.15, -0.1) is 34.0 Å². The number of rotatable bonds is 6. The molecule has 320 valence electrons. The first-order chi connectivity index (χ1) is 31.9. The van der Waals surface area contributed by atoms with Gasteiger partial charge in [-0.2, -0.15) is 21.7 Å². The van der Waals surface area contributed by atoms with Crippen LogP contribution in [0.5, 0.6) is 0 Å².